The van der Waals surface area contributed by atoms with Gasteiger partial charge >= 0.3 is 0 Å². The minimum absolute atomic E-state index is 0.250. The molecule has 0 bridgehead atoms. The van der Waals surface area contributed by atoms with Crippen molar-refractivity contribution in [2.45, 2.75) is 26.8 Å². The van der Waals surface area contributed by atoms with Crippen LogP contribution in [0, 0.1) is 0 Å². The van der Waals surface area contributed by atoms with Crippen LogP contribution in [0.4, 0.5) is 5.95 Å². The second kappa shape index (κ2) is 6.65. The molecule has 0 unspecified atom stereocenters. The van der Waals surface area contributed by atoms with E-state index >= 15 is 0 Å². The third-order valence-corrected chi connectivity index (χ3v) is 2.62. The van der Waals surface area contributed by atoms with Crippen LogP contribution in [0.3, 0.4) is 0 Å². The lowest BCUT2D eigenvalue weighted by atomic mass is 10.2. The van der Waals surface area contributed by atoms with Gasteiger partial charge in [0.25, 0.3) is 5.91 Å². The minimum Gasteiger partial charge on any atom is -0.494 e. The summed E-state index contributed by atoms with van der Waals surface area (Å²) in [5.41, 5.74) is 0.527. The molecule has 0 saturated carbocycles. The normalized spacial score (nSPS) is 10.3. The quantitative estimate of drug-likeness (QED) is 0.868. The average molecular weight is 275 g/mol. The molecule has 1 heterocycles. The van der Waals surface area contributed by atoms with Crippen LogP contribution in [0.5, 0.6) is 5.75 Å². The fourth-order valence-electron chi connectivity index (χ4n) is 1.70. The summed E-state index contributed by atoms with van der Waals surface area (Å²) in [4.78, 5) is 12.1. The Morgan fingerprint density at radius 1 is 1.30 bits per heavy atom. The fourth-order valence-corrected chi connectivity index (χ4v) is 1.70. The molecule has 106 valence electrons. The molecular weight excluding hydrogens is 258 g/mol. The average Bonchev–Trinajstić information content (AvgIpc) is 2.88. The van der Waals surface area contributed by atoms with E-state index in [0.717, 1.165) is 12.2 Å². The summed E-state index contributed by atoms with van der Waals surface area (Å²) in [6, 6.07) is 6.92. The first-order valence-electron chi connectivity index (χ1n) is 6.55. The van der Waals surface area contributed by atoms with Crippen molar-refractivity contribution in [2.75, 3.05) is 11.9 Å². The van der Waals surface area contributed by atoms with Gasteiger partial charge in [-0.2, -0.15) is 0 Å². The number of aryl methyl sites for hydroxylation is 1. The molecule has 2 aromatic rings. The van der Waals surface area contributed by atoms with E-state index in [1.807, 2.05) is 13.8 Å². The summed E-state index contributed by atoms with van der Waals surface area (Å²) in [7, 11) is 0. The number of rotatable bonds is 6. The Morgan fingerprint density at radius 2 is 2.05 bits per heavy atom. The van der Waals surface area contributed by atoms with Gasteiger partial charge in [0.15, 0.2) is 0 Å². The Morgan fingerprint density at radius 3 is 2.70 bits per heavy atom. The van der Waals surface area contributed by atoms with Crippen molar-refractivity contribution in [1.82, 2.24) is 20.2 Å². The van der Waals surface area contributed by atoms with Crippen molar-refractivity contribution < 1.29 is 9.53 Å². The Labute approximate surface area is 116 Å². The molecule has 0 radical (unpaired) electrons. The minimum atomic E-state index is -0.250. The van der Waals surface area contributed by atoms with Gasteiger partial charge in [0.05, 0.1) is 6.61 Å². The van der Waals surface area contributed by atoms with Crippen LogP contribution in [-0.4, -0.2) is 32.7 Å². The molecule has 0 aliphatic carbocycles. The molecule has 7 heteroatoms. The number of amides is 1. The Kier molecular flexibility index (Phi) is 4.65. The third kappa shape index (κ3) is 3.31. The van der Waals surface area contributed by atoms with Gasteiger partial charge in [-0.05, 0) is 48.0 Å². The molecular formula is C13H17N5O2. The van der Waals surface area contributed by atoms with Crippen molar-refractivity contribution in [1.29, 1.82) is 0 Å². The van der Waals surface area contributed by atoms with Crippen LogP contribution >= 0.6 is 0 Å². The molecule has 1 aromatic heterocycles. The molecule has 0 aliphatic rings. The van der Waals surface area contributed by atoms with Crippen molar-refractivity contribution in [3.63, 3.8) is 0 Å². The maximum Gasteiger partial charge on any atom is 0.258 e. The molecule has 0 spiro atoms. The van der Waals surface area contributed by atoms with E-state index in [2.05, 4.69) is 20.8 Å². The van der Waals surface area contributed by atoms with Gasteiger partial charge in [-0.3, -0.25) is 10.1 Å². The van der Waals surface area contributed by atoms with Gasteiger partial charge in [-0.25, -0.2) is 4.68 Å². The number of hydrogen-bond donors (Lipinski definition) is 1. The lowest BCUT2D eigenvalue weighted by Gasteiger charge is -2.06. The van der Waals surface area contributed by atoms with Gasteiger partial charge in [0.2, 0.25) is 5.95 Å². The predicted molar refractivity (Wildman–Crippen MR) is 73.7 cm³/mol. The summed E-state index contributed by atoms with van der Waals surface area (Å²) >= 11 is 0. The number of nitrogens with zero attached hydrogens (tertiary/aromatic N) is 4. The van der Waals surface area contributed by atoms with E-state index < -0.39 is 0 Å². The van der Waals surface area contributed by atoms with Crippen LogP contribution in [0.2, 0.25) is 0 Å². The molecule has 20 heavy (non-hydrogen) atoms. The zero-order valence-electron chi connectivity index (χ0n) is 11.5. The maximum absolute atomic E-state index is 12.1. The summed E-state index contributed by atoms with van der Waals surface area (Å²) in [6.45, 7) is 5.18. The summed E-state index contributed by atoms with van der Waals surface area (Å²) < 4.78 is 6.89. The van der Waals surface area contributed by atoms with E-state index in [-0.39, 0.29) is 5.91 Å². The highest BCUT2D eigenvalue weighted by atomic mass is 16.5. The highest BCUT2D eigenvalue weighted by Gasteiger charge is 2.11. The molecule has 1 N–H and O–H groups in total. The van der Waals surface area contributed by atoms with E-state index in [1.165, 1.54) is 0 Å². The molecule has 1 amide bonds. The number of aromatic nitrogens is 4. The number of benzene rings is 1. The highest BCUT2D eigenvalue weighted by molar-refractivity contribution is 6.03. The maximum atomic E-state index is 12.1. The summed E-state index contributed by atoms with van der Waals surface area (Å²) in [6.07, 6.45) is 0.886. The second-order valence-corrected chi connectivity index (χ2v) is 4.14. The third-order valence-electron chi connectivity index (χ3n) is 2.62. The van der Waals surface area contributed by atoms with Gasteiger partial charge in [-0.15, -0.1) is 0 Å². The van der Waals surface area contributed by atoms with Crippen LogP contribution in [0.15, 0.2) is 24.3 Å². The van der Waals surface area contributed by atoms with Crippen molar-refractivity contribution in [3.8, 4) is 5.75 Å². The molecule has 2 rings (SSSR count). The first-order chi connectivity index (χ1) is 9.74. The molecule has 0 aliphatic heterocycles. The predicted octanol–water partition coefficient (Wildman–Crippen LogP) is 1.73. The van der Waals surface area contributed by atoms with Crippen LogP contribution < -0.4 is 10.1 Å². The summed E-state index contributed by atoms with van der Waals surface area (Å²) in [5.74, 6) is 0.839. The van der Waals surface area contributed by atoms with E-state index in [1.54, 1.807) is 28.9 Å². The number of ether oxygens (including phenoxy) is 1. The number of tetrazole rings is 1. The zero-order chi connectivity index (χ0) is 14.4. The number of hydrogen-bond acceptors (Lipinski definition) is 5. The highest BCUT2D eigenvalue weighted by Crippen LogP contribution is 2.13. The zero-order valence-corrected chi connectivity index (χ0v) is 11.5. The number of anilines is 1. The largest absolute Gasteiger partial charge is 0.494 e. The van der Waals surface area contributed by atoms with Gasteiger partial charge < -0.3 is 4.74 Å². The Bertz CT molecular complexity index is 564. The van der Waals surface area contributed by atoms with Crippen molar-refractivity contribution in [2.24, 2.45) is 0 Å². The first-order valence-corrected chi connectivity index (χ1v) is 6.55. The molecule has 0 saturated heterocycles. The van der Waals surface area contributed by atoms with Crippen molar-refractivity contribution >= 4 is 11.9 Å². The van der Waals surface area contributed by atoms with E-state index in [4.69, 9.17) is 4.74 Å². The molecule has 0 atom stereocenters. The van der Waals surface area contributed by atoms with Crippen LogP contribution in [-0.2, 0) is 6.54 Å². The lowest BCUT2D eigenvalue weighted by molar-refractivity contribution is 0.102. The molecule has 1 aromatic carbocycles. The first kappa shape index (κ1) is 14.0. The van der Waals surface area contributed by atoms with Crippen molar-refractivity contribution in [3.05, 3.63) is 29.8 Å². The summed E-state index contributed by atoms with van der Waals surface area (Å²) in [5, 5.41) is 13.8. The smallest absolute Gasteiger partial charge is 0.258 e. The SMILES string of the molecule is CCCn1nnnc1NC(=O)c1ccc(OCC)cc1. The Balaban J connectivity index is 2.05. The number of carbonyl (C=O) groups excluding carboxylic acids is 1. The van der Waals surface area contributed by atoms with Gasteiger partial charge in [0.1, 0.15) is 5.75 Å². The second-order valence-electron chi connectivity index (χ2n) is 4.14. The van der Waals surface area contributed by atoms with Gasteiger partial charge in [0, 0.05) is 12.1 Å². The lowest BCUT2D eigenvalue weighted by Crippen LogP contribution is -2.16. The van der Waals surface area contributed by atoms with Crippen LogP contribution in [0.1, 0.15) is 30.6 Å². The molecule has 7 nitrogen and oxygen atoms in total. The van der Waals surface area contributed by atoms with Gasteiger partial charge in [-0.1, -0.05) is 12.0 Å². The standard InChI is InChI=1S/C13H17N5O2/c1-3-9-18-13(15-16-17-18)14-12(19)10-5-7-11(8-6-10)20-4-2/h5-8H,3-4,9H2,1-2H3,(H,14,15,17,19). The van der Waals surface area contributed by atoms with E-state index in [0.29, 0.717) is 24.7 Å². The number of nitrogens with one attached hydrogen (secondary N) is 1. The molecule has 0 fully saturated rings. The monoisotopic (exact) mass is 275 g/mol. The fraction of sp³-hybridized carbons (Fsp3) is 0.385. The number of carbonyl (C=O) groups is 1. The Hall–Kier alpha value is -2.44. The van der Waals surface area contributed by atoms with E-state index in [9.17, 15) is 4.79 Å². The van der Waals surface area contributed by atoms with Crippen LogP contribution in [0.25, 0.3) is 0 Å². The topological polar surface area (TPSA) is 81.9 Å².